The maximum atomic E-state index is 11.2. The van der Waals surface area contributed by atoms with Gasteiger partial charge in [-0.3, -0.25) is 9.78 Å². The Morgan fingerprint density at radius 2 is 2.31 bits per heavy atom. The number of nitrogens with zero attached hydrogens (tertiary/aromatic N) is 1. The van der Waals surface area contributed by atoms with Gasteiger partial charge >= 0.3 is 5.69 Å². The van der Waals surface area contributed by atoms with Gasteiger partial charge in [-0.1, -0.05) is 6.92 Å². The highest BCUT2D eigenvalue weighted by atomic mass is 16.2. The van der Waals surface area contributed by atoms with Crippen LogP contribution in [0.15, 0.2) is 21.9 Å². The van der Waals surface area contributed by atoms with Gasteiger partial charge in [0.05, 0.1) is 0 Å². The summed E-state index contributed by atoms with van der Waals surface area (Å²) in [6.07, 6.45) is 1.48. The van der Waals surface area contributed by atoms with Gasteiger partial charge in [-0.25, -0.2) is 4.79 Å². The second kappa shape index (κ2) is 4.04. The van der Waals surface area contributed by atoms with Gasteiger partial charge in [-0.15, -0.1) is 0 Å². The van der Waals surface area contributed by atoms with E-state index in [0.717, 1.165) is 0 Å². The molecule has 1 aromatic heterocycles. The van der Waals surface area contributed by atoms with Crippen LogP contribution in [0.3, 0.4) is 0 Å². The van der Waals surface area contributed by atoms with Crippen LogP contribution in [0.25, 0.3) is 0 Å². The predicted molar refractivity (Wildman–Crippen MR) is 49.5 cm³/mol. The van der Waals surface area contributed by atoms with Crippen molar-refractivity contribution in [1.82, 2.24) is 9.55 Å². The van der Waals surface area contributed by atoms with E-state index in [9.17, 15) is 9.59 Å². The molecule has 0 saturated heterocycles. The molecule has 0 amide bonds. The molecule has 0 spiro atoms. The van der Waals surface area contributed by atoms with E-state index < -0.39 is 0 Å². The molecule has 0 radical (unpaired) electrons. The third kappa shape index (κ3) is 2.55. The van der Waals surface area contributed by atoms with Gasteiger partial charge in [-0.05, 0) is 12.5 Å². The van der Waals surface area contributed by atoms with Crippen molar-refractivity contribution in [2.75, 3.05) is 6.54 Å². The zero-order valence-corrected chi connectivity index (χ0v) is 7.49. The Morgan fingerprint density at radius 1 is 1.62 bits per heavy atom. The number of hydrogen-bond acceptors (Lipinski definition) is 3. The Kier molecular flexibility index (Phi) is 3.02. The Hall–Kier alpha value is -1.36. The van der Waals surface area contributed by atoms with Crippen LogP contribution in [0.4, 0.5) is 0 Å². The van der Waals surface area contributed by atoms with Crippen LogP contribution in [0.2, 0.25) is 0 Å². The average Bonchev–Trinajstić information content (AvgIpc) is 2.09. The van der Waals surface area contributed by atoms with E-state index in [1.807, 2.05) is 6.92 Å². The zero-order chi connectivity index (χ0) is 9.84. The van der Waals surface area contributed by atoms with Crippen LogP contribution in [0.1, 0.15) is 6.92 Å². The number of aromatic nitrogens is 2. The quantitative estimate of drug-likeness (QED) is 0.639. The smallest absolute Gasteiger partial charge is 0.328 e. The van der Waals surface area contributed by atoms with Crippen LogP contribution < -0.4 is 17.0 Å². The molecular weight excluding hydrogens is 170 g/mol. The van der Waals surface area contributed by atoms with Crippen LogP contribution >= 0.6 is 0 Å². The highest BCUT2D eigenvalue weighted by Crippen LogP contribution is 1.93. The molecule has 0 bridgehead atoms. The molecule has 0 aliphatic carbocycles. The summed E-state index contributed by atoms with van der Waals surface area (Å²) in [5.41, 5.74) is 4.66. The van der Waals surface area contributed by atoms with Crippen molar-refractivity contribution in [2.45, 2.75) is 13.5 Å². The molecule has 1 unspecified atom stereocenters. The fraction of sp³-hybridized carbons (Fsp3) is 0.500. The summed E-state index contributed by atoms with van der Waals surface area (Å²) in [5, 5.41) is 0. The van der Waals surface area contributed by atoms with E-state index in [1.165, 1.54) is 16.8 Å². The minimum Gasteiger partial charge on any atom is -0.330 e. The molecule has 72 valence electrons. The lowest BCUT2D eigenvalue weighted by molar-refractivity contribution is 0.474. The molecule has 5 heteroatoms. The topological polar surface area (TPSA) is 80.9 Å². The molecule has 3 N–H and O–H groups in total. The van der Waals surface area contributed by atoms with Crippen molar-refractivity contribution >= 4 is 0 Å². The van der Waals surface area contributed by atoms with Crippen molar-refractivity contribution in [3.63, 3.8) is 0 Å². The van der Waals surface area contributed by atoms with Gasteiger partial charge in [0, 0.05) is 18.8 Å². The van der Waals surface area contributed by atoms with Gasteiger partial charge in [0.25, 0.3) is 5.56 Å². The average molecular weight is 183 g/mol. The first-order chi connectivity index (χ1) is 6.13. The third-order valence-electron chi connectivity index (χ3n) is 1.81. The Bertz CT molecular complexity index is 379. The largest absolute Gasteiger partial charge is 0.330 e. The van der Waals surface area contributed by atoms with E-state index >= 15 is 0 Å². The third-order valence-corrected chi connectivity index (χ3v) is 1.81. The van der Waals surface area contributed by atoms with E-state index in [-0.39, 0.29) is 17.2 Å². The molecule has 1 atom stereocenters. The van der Waals surface area contributed by atoms with Gasteiger partial charge in [0.1, 0.15) is 0 Å². The number of nitrogens with one attached hydrogen (secondary N) is 1. The summed E-state index contributed by atoms with van der Waals surface area (Å²) in [6, 6.07) is 1.32. The zero-order valence-electron chi connectivity index (χ0n) is 7.49. The first kappa shape index (κ1) is 9.73. The molecule has 0 fully saturated rings. The maximum absolute atomic E-state index is 11.2. The summed E-state index contributed by atoms with van der Waals surface area (Å²) in [7, 11) is 0. The minimum absolute atomic E-state index is 0.226. The molecular formula is C8H13N3O2. The molecule has 1 rings (SSSR count). The second-order valence-corrected chi connectivity index (χ2v) is 3.10. The normalized spacial score (nSPS) is 12.8. The fourth-order valence-electron chi connectivity index (χ4n) is 0.998. The van der Waals surface area contributed by atoms with Crippen LogP contribution in [-0.4, -0.2) is 16.1 Å². The highest BCUT2D eigenvalue weighted by molar-refractivity contribution is 4.82. The van der Waals surface area contributed by atoms with E-state index in [4.69, 9.17) is 5.73 Å². The van der Waals surface area contributed by atoms with Gasteiger partial charge in [0.15, 0.2) is 0 Å². The van der Waals surface area contributed by atoms with Gasteiger partial charge in [0.2, 0.25) is 0 Å². The van der Waals surface area contributed by atoms with E-state index in [2.05, 4.69) is 4.98 Å². The number of aromatic amines is 1. The van der Waals surface area contributed by atoms with Crippen molar-refractivity contribution < 1.29 is 0 Å². The predicted octanol–water partition coefficient (Wildman–Crippen LogP) is -0.869. The molecule has 5 nitrogen and oxygen atoms in total. The lowest BCUT2D eigenvalue weighted by Gasteiger charge is -2.09. The number of nitrogens with two attached hydrogens (primary N) is 1. The molecule has 13 heavy (non-hydrogen) atoms. The van der Waals surface area contributed by atoms with Crippen molar-refractivity contribution in [3.05, 3.63) is 33.1 Å². The van der Waals surface area contributed by atoms with Crippen molar-refractivity contribution in [2.24, 2.45) is 11.7 Å². The lowest BCUT2D eigenvalue weighted by atomic mass is 10.2. The van der Waals surface area contributed by atoms with Crippen LogP contribution in [0.5, 0.6) is 0 Å². The summed E-state index contributed by atoms with van der Waals surface area (Å²) in [6.45, 7) is 3.00. The van der Waals surface area contributed by atoms with E-state index in [0.29, 0.717) is 13.1 Å². The summed E-state index contributed by atoms with van der Waals surface area (Å²) >= 11 is 0. The summed E-state index contributed by atoms with van der Waals surface area (Å²) < 4.78 is 1.44. The SMILES string of the molecule is CC(CN)Cn1ccc(=O)[nH]c1=O. The monoisotopic (exact) mass is 183 g/mol. The minimum atomic E-state index is -0.382. The highest BCUT2D eigenvalue weighted by Gasteiger charge is 2.01. The molecule has 1 aromatic rings. The number of hydrogen-bond donors (Lipinski definition) is 2. The fourth-order valence-corrected chi connectivity index (χ4v) is 0.998. The molecule has 0 saturated carbocycles. The Labute approximate surface area is 75.2 Å². The molecule has 0 aliphatic rings. The summed E-state index contributed by atoms with van der Waals surface area (Å²) in [5.74, 6) is 0.226. The Morgan fingerprint density at radius 3 is 2.85 bits per heavy atom. The van der Waals surface area contributed by atoms with Gasteiger partial charge < -0.3 is 10.3 Å². The first-order valence-electron chi connectivity index (χ1n) is 4.13. The molecule has 1 heterocycles. The van der Waals surface area contributed by atoms with Gasteiger partial charge in [-0.2, -0.15) is 0 Å². The molecule has 0 aromatic carbocycles. The second-order valence-electron chi connectivity index (χ2n) is 3.10. The van der Waals surface area contributed by atoms with Crippen LogP contribution in [0, 0.1) is 5.92 Å². The maximum Gasteiger partial charge on any atom is 0.328 e. The molecule has 0 aliphatic heterocycles. The number of rotatable bonds is 3. The van der Waals surface area contributed by atoms with Crippen molar-refractivity contribution in [3.8, 4) is 0 Å². The first-order valence-corrected chi connectivity index (χ1v) is 4.13. The lowest BCUT2D eigenvalue weighted by Crippen LogP contribution is -2.31. The summed E-state index contributed by atoms with van der Waals surface area (Å²) in [4.78, 5) is 24.0. The Balaban J connectivity index is 2.90. The van der Waals surface area contributed by atoms with Crippen LogP contribution in [-0.2, 0) is 6.54 Å². The standard InChI is InChI=1S/C8H13N3O2/c1-6(4-9)5-11-3-2-7(12)10-8(11)13/h2-3,6H,4-5,9H2,1H3,(H,10,12,13). The van der Waals surface area contributed by atoms with Crippen molar-refractivity contribution in [1.29, 1.82) is 0 Å². The number of H-pyrrole nitrogens is 1. The van der Waals surface area contributed by atoms with E-state index in [1.54, 1.807) is 0 Å².